The third kappa shape index (κ3) is 6.24. The van der Waals surface area contributed by atoms with Crippen molar-refractivity contribution in [2.75, 3.05) is 4.90 Å². The Balaban J connectivity index is 1.10. The van der Waals surface area contributed by atoms with E-state index in [4.69, 9.17) is 0 Å². The molecule has 1 heteroatoms. The minimum atomic E-state index is -0.559. The highest BCUT2D eigenvalue weighted by atomic mass is 15.1. The summed E-state index contributed by atoms with van der Waals surface area (Å²) in [7, 11) is 0. The summed E-state index contributed by atoms with van der Waals surface area (Å²) in [6.07, 6.45) is 0. The molecule has 0 aromatic heterocycles. The second-order valence-corrected chi connectivity index (χ2v) is 19.1. The molecular weight excluding hydrogens is 831 g/mol. The minimum Gasteiger partial charge on any atom is -0.309 e. The molecule has 0 radical (unpaired) electrons. The van der Waals surface area contributed by atoms with E-state index in [-0.39, 0.29) is 5.41 Å². The van der Waals surface area contributed by atoms with E-state index < -0.39 is 5.41 Å². The van der Waals surface area contributed by atoms with E-state index in [1.54, 1.807) is 0 Å². The molecule has 0 unspecified atom stereocenters. The average Bonchev–Trinajstić information content (AvgIpc) is 3.84. The van der Waals surface area contributed by atoms with Crippen molar-refractivity contribution in [1.29, 1.82) is 0 Å². The lowest BCUT2D eigenvalue weighted by molar-refractivity contribution is 0.660. The van der Waals surface area contributed by atoms with Gasteiger partial charge in [0.2, 0.25) is 0 Å². The summed E-state index contributed by atoms with van der Waals surface area (Å²) in [5.74, 6) is 0. The third-order valence-electron chi connectivity index (χ3n) is 15.2. The molecule has 0 bridgehead atoms. The molecule has 0 saturated heterocycles. The molecule has 0 fully saturated rings. The Kier molecular flexibility index (Phi) is 9.49. The van der Waals surface area contributed by atoms with Crippen molar-refractivity contribution in [1.82, 2.24) is 0 Å². The van der Waals surface area contributed by atoms with Gasteiger partial charge >= 0.3 is 0 Å². The number of fused-ring (bicyclic) bond motifs is 7. The fourth-order valence-electron chi connectivity index (χ4n) is 12.1. The molecule has 13 rings (SSSR count). The van der Waals surface area contributed by atoms with E-state index in [0.717, 1.165) is 22.6 Å². The highest BCUT2D eigenvalue weighted by Crippen LogP contribution is 2.58. The van der Waals surface area contributed by atoms with Crippen LogP contribution in [-0.2, 0) is 10.8 Å². The van der Waals surface area contributed by atoms with Crippen LogP contribution in [0.4, 0.5) is 17.1 Å². The lowest BCUT2D eigenvalue weighted by Crippen LogP contribution is -2.28. The Morgan fingerprint density at radius 1 is 0.290 bits per heavy atom. The molecule has 2 aliphatic rings. The summed E-state index contributed by atoms with van der Waals surface area (Å²) in [6, 6.07) is 97.0. The number of anilines is 3. The molecule has 326 valence electrons. The number of rotatable bonds is 8. The molecule has 0 amide bonds. The molecule has 0 atom stereocenters. The summed E-state index contributed by atoms with van der Waals surface area (Å²) >= 11 is 0. The molecular formula is C68H49N. The van der Waals surface area contributed by atoms with E-state index in [2.05, 4.69) is 280 Å². The van der Waals surface area contributed by atoms with Gasteiger partial charge in [0.05, 0.1) is 16.8 Å². The standard InChI is InChI=1S/C68H49N/c1-67(2)60-35-19-17-32-56(60)59-44-48(38-42-61(59)67)52-41-43-64(58-33-16-15-30-54(52)58)69(65-37-21-34-53(46-22-7-3-8-23-46)66(65)47-24-9-4-10-25-47)51-39-40-57-55-31-18-20-36-62(55)68(63(57)45-51,49-26-11-5-12-27-49)50-28-13-6-14-29-50/h3-45H,1-2H3. The van der Waals surface area contributed by atoms with Gasteiger partial charge in [0.15, 0.2) is 0 Å². The Hall–Kier alpha value is -8.52. The second kappa shape index (κ2) is 16.1. The van der Waals surface area contributed by atoms with Gasteiger partial charge in [-0.2, -0.15) is 0 Å². The van der Waals surface area contributed by atoms with Crippen LogP contribution in [0.5, 0.6) is 0 Å². The van der Waals surface area contributed by atoms with Crippen molar-refractivity contribution >= 4 is 27.8 Å². The van der Waals surface area contributed by atoms with Gasteiger partial charge in [-0.3, -0.25) is 0 Å². The summed E-state index contributed by atoms with van der Waals surface area (Å²) in [5.41, 5.74) is 22.9. The number of hydrogen-bond acceptors (Lipinski definition) is 1. The molecule has 0 aliphatic heterocycles. The Bertz CT molecular complexity index is 3700. The second-order valence-electron chi connectivity index (χ2n) is 19.1. The van der Waals surface area contributed by atoms with Crippen LogP contribution < -0.4 is 4.90 Å². The lowest BCUT2D eigenvalue weighted by atomic mass is 9.67. The van der Waals surface area contributed by atoms with Crippen LogP contribution in [0.25, 0.3) is 66.4 Å². The molecule has 0 saturated carbocycles. The van der Waals surface area contributed by atoms with E-state index >= 15 is 0 Å². The van der Waals surface area contributed by atoms with E-state index in [0.29, 0.717) is 0 Å². The predicted octanol–water partition coefficient (Wildman–Crippen LogP) is 18.0. The van der Waals surface area contributed by atoms with E-state index in [1.807, 2.05) is 0 Å². The summed E-state index contributed by atoms with van der Waals surface area (Å²) in [5, 5.41) is 2.39. The Morgan fingerprint density at radius 2 is 0.812 bits per heavy atom. The van der Waals surface area contributed by atoms with Crippen molar-refractivity contribution in [2.45, 2.75) is 24.7 Å². The first-order chi connectivity index (χ1) is 34.0. The van der Waals surface area contributed by atoms with Crippen molar-refractivity contribution in [2.24, 2.45) is 0 Å². The first-order valence-electron chi connectivity index (χ1n) is 24.2. The van der Waals surface area contributed by atoms with Crippen LogP contribution in [0, 0.1) is 0 Å². The lowest BCUT2D eigenvalue weighted by Gasteiger charge is -2.35. The zero-order valence-corrected chi connectivity index (χ0v) is 38.8. The third-order valence-corrected chi connectivity index (χ3v) is 15.2. The number of benzene rings is 11. The monoisotopic (exact) mass is 879 g/mol. The van der Waals surface area contributed by atoms with Crippen LogP contribution in [0.3, 0.4) is 0 Å². The van der Waals surface area contributed by atoms with E-state index in [9.17, 15) is 0 Å². The molecule has 11 aromatic carbocycles. The molecule has 0 heterocycles. The van der Waals surface area contributed by atoms with Crippen LogP contribution in [0.2, 0.25) is 0 Å². The van der Waals surface area contributed by atoms with Crippen molar-refractivity contribution in [3.63, 3.8) is 0 Å². The van der Waals surface area contributed by atoms with Gasteiger partial charge in [-0.05, 0) is 119 Å². The van der Waals surface area contributed by atoms with Gasteiger partial charge in [-0.25, -0.2) is 0 Å². The fourth-order valence-corrected chi connectivity index (χ4v) is 12.1. The van der Waals surface area contributed by atoms with Gasteiger partial charge < -0.3 is 4.90 Å². The van der Waals surface area contributed by atoms with Crippen molar-refractivity contribution in [3.05, 3.63) is 294 Å². The molecule has 1 nitrogen and oxygen atoms in total. The Labute approximate surface area is 405 Å². The quantitative estimate of drug-likeness (QED) is 0.147. The maximum atomic E-state index is 2.55. The fraction of sp³-hybridized carbons (Fsp3) is 0.0588. The SMILES string of the molecule is CC1(C)c2ccccc2-c2cc(-c3ccc(N(c4ccc5c(c4)C(c4ccccc4)(c4ccccc4)c4ccccc4-5)c4cccc(-c5ccccc5)c4-c4ccccc4)c4ccccc34)ccc21. The maximum Gasteiger partial charge on any atom is 0.0714 e. The van der Waals surface area contributed by atoms with E-state index in [1.165, 1.54) is 94.2 Å². The smallest absolute Gasteiger partial charge is 0.0714 e. The maximum absolute atomic E-state index is 2.55. The Morgan fingerprint density at radius 3 is 1.51 bits per heavy atom. The topological polar surface area (TPSA) is 3.24 Å². The van der Waals surface area contributed by atoms with Crippen molar-refractivity contribution < 1.29 is 0 Å². The van der Waals surface area contributed by atoms with Crippen LogP contribution in [0.15, 0.2) is 261 Å². The van der Waals surface area contributed by atoms with Gasteiger partial charge in [0.1, 0.15) is 0 Å². The van der Waals surface area contributed by atoms with Gasteiger partial charge in [-0.1, -0.05) is 244 Å². The zero-order valence-electron chi connectivity index (χ0n) is 38.8. The normalized spacial score (nSPS) is 13.6. The highest BCUT2D eigenvalue weighted by Gasteiger charge is 2.46. The van der Waals surface area contributed by atoms with Gasteiger partial charge in [0.25, 0.3) is 0 Å². The number of hydrogen-bond donors (Lipinski definition) is 0. The van der Waals surface area contributed by atoms with Gasteiger partial charge in [-0.15, -0.1) is 0 Å². The minimum absolute atomic E-state index is 0.0581. The number of nitrogens with zero attached hydrogens (tertiary/aromatic N) is 1. The first kappa shape index (κ1) is 40.7. The molecule has 69 heavy (non-hydrogen) atoms. The zero-order chi connectivity index (χ0) is 46.1. The summed E-state index contributed by atoms with van der Waals surface area (Å²) in [6.45, 7) is 4.71. The van der Waals surface area contributed by atoms with Gasteiger partial charge in [0, 0.05) is 22.1 Å². The van der Waals surface area contributed by atoms with Crippen LogP contribution >= 0.6 is 0 Å². The first-order valence-corrected chi connectivity index (χ1v) is 24.2. The highest BCUT2D eigenvalue weighted by molar-refractivity contribution is 6.09. The largest absolute Gasteiger partial charge is 0.309 e. The van der Waals surface area contributed by atoms with Crippen LogP contribution in [-0.4, -0.2) is 0 Å². The molecule has 2 aliphatic carbocycles. The van der Waals surface area contributed by atoms with Crippen LogP contribution in [0.1, 0.15) is 47.2 Å². The van der Waals surface area contributed by atoms with Crippen molar-refractivity contribution in [3.8, 4) is 55.6 Å². The molecule has 11 aromatic rings. The predicted molar refractivity (Wildman–Crippen MR) is 290 cm³/mol. The summed E-state index contributed by atoms with van der Waals surface area (Å²) < 4.78 is 0. The average molecular weight is 880 g/mol. The molecule has 0 N–H and O–H groups in total. The summed E-state index contributed by atoms with van der Waals surface area (Å²) in [4.78, 5) is 2.55. The molecule has 0 spiro atoms.